The molecule has 0 saturated carbocycles. The molecule has 0 bridgehead atoms. The Kier molecular flexibility index (Phi) is 4.52. The maximum atomic E-state index is 12.5. The van der Waals surface area contributed by atoms with Crippen molar-refractivity contribution < 1.29 is 4.79 Å². The molecule has 0 spiro atoms. The van der Waals surface area contributed by atoms with Crippen LogP contribution in [0.25, 0.3) is 10.9 Å². The Morgan fingerprint density at radius 1 is 1.17 bits per heavy atom. The van der Waals surface area contributed by atoms with Crippen molar-refractivity contribution in [3.63, 3.8) is 0 Å². The van der Waals surface area contributed by atoms with Crippen molar-refractivity contribution in [2.45, 2.75) is 24.3 Å². The molecule has 2 aromatic heterocycles. The molecule has 1 N–H and O–H groups in total. The Morgan fingerprint density at radius 2 is 1.91 bits per heavy atom. The van der Waals surface area contributed by atoms with Crippen LogP contribution in [0.15, 0.2) is 53.9 Å². The van der Waals surface area contributed by atoms with Gasteiger partial charge in [-0.15, -0.1) is 0 Å². The molecule has 1 aromatic carbocycles. The van der Waals surface area contributed by atoms with E-state index in [4.69, 9.17) is 0 Å². The van der Waals surface area contributed by atoms with Gasteiger partial charge in [0, 0.05) is 23.5 Å². The third kappa shape index (κ3) is 3.65. The number of para-hydroxylation sites is 1. The summed E-state index contributed by atoms with van der Waals surface area (Å²) in [7, 11) is 0. The molecule has 0 radical (unpaired) electrons. The molecule has 23 heavy (non-hydrogen) atoms. The van der Waals surface area contributed by atoms with Crippen LogP contribution in [-0.2, 0) is 4.79 Å². The Bertz CT molecular complexity index is 838. The van der Waals surface area contributed by atoms with Crippen molar-refractivity contribution in [2.75, 3.05) is 5.32 Å². The highest BCUT2D eigenvalue weighted by Crippen LogP contribution is 2.25. The maximum absolute atomic E-state index is 12.5. The average Bonchev–Trinajstić information content (AvgIpc) is 2.55. The number of nitrogens with one attached hydrogen (secondary N) is 1. The number of carbonyl (C=O) groups is 1. The van der Waals surface area contributed by atoms with Crippen LogP contribution in [0, 0.1) is 6.92 Å². The molecular formula is C17H16N4OS. The zero-order valence-corrected chi connectivity index (χ0v) is 13.7. The number of amides is 1. The van der Waals surface area contributed by atoms with Gasteiger partial charge in [0.15, 0.2) is 5.16 Å². The second kappa shape index (κ2) is 6.75. The highest BCUT2D eigenvalue weighted by molar-refractivity contribution is 8.00. The quantitative estimate of drug-likeness (QED) is 0.588. The van der Waals surface area contributed by atoms with Gasteiger partial charge in [-0.2, -0.15) is 0 Å². The molecule has 0 fully saturated rings. The predicted molar refractivity (Wildman–Crippen MR) is 92.5 cm³/mol. The van der Waals surface area contributed by atoms with Crippen LogP contribution in [0.3, 0.4) is 0 Å². The number of pyridine rings is 1. The van der Waals surface area contributed by atoms with Gasteiger partial charge >= 0.3 is 0 Å². The van der Waals surface area contributed by atoms with E-state index in [9.17, 15) is 4.79 Å². The monoisotopic (exact) mass is 324 g/mol. The summed E-state index contributed by atoms with van der Waals surface area (Å²) in [5.41, 5.74) is 2.51. The summed E-state index contributed by atoms with van der Waals surface area (Å²) in [4.78, 5) is 25.2. The Hall–Kier alpha value is -2.47. The van der Waals surface area contributed by atoms with Crippen LogP contribution in [0.4, 0.5) is 5.69 Å². The zero-order chi connectivity index (χ0) is 16.2. The lowest BCUT2D eigenvalue weighted by atomic mass is 10.1. The van der Waals surface area contributed by atoms with Crippen LogP contribution in [0.2, 0.25) is 0 Å². The zero-order valence-electron chi connectivity index (χ0n) is 12.9. The molecule has 0 aliphatic heterocycles. The summed E-state index contributed by atoms with van der Waals surface area (Å²) in [6.07, 6.45) is 3.33. The summed E-state index contributed by atoms with van der Waals surface area (Å²) >= 11 is 1.33. The minimum Gasteiger partial charge on any atom is -0.324 e. The maximum Gasteiger partial charge on any atom is 0.237 e. The fourth-order valence-electron chi connectivity index (χ4n) is 2.20. The number of benzene rings is 1. The average molecular weight is 324 g/mol. The van der Waals surface area contributed by atoms with Crippen LogP contribution in [-0.4, -0.2) is 26.1 Å². The van der Waals surface area contributed by atoms with Crippen molar-refractivity contribution >= 4 is 34.3 Å². The van der Waals surface area contributed by atoms with E-state index in [-0.39, 0.29) is 11.2 Å². The number of aryl methyl sites for hydroxylation is 1. The number of aromatic nitrogens is 3. The van der Waals surface area contributed by atoms with Crippen molar-refractivity contribution in [2.24, 2.45) is 0 Å². The molecule has 1 unspecified atom stereocenters. The molecule has 3 rings (SSSR count). The molecule has 1 atom stereocenters. The minimum absolute atomic E-state index is 0.0850. The molecule has 6 heteroatoms. The standard InChI is InChI=1S/C17H16N4OS/c1-11-10-15(13-6-3-4-7-14(13)20-11)21-16(22)12(2)23-17-18-8-5-9-19-17/h3-10,12H,1-2H3,(H,20,21,22). The number of anilines is 1. The van der Waals surface area contributed by atoms with E-state index in [1.807, 2.05) is 44.2 Å². The number of nitrogens with zero attached hydrogens (tertiary/aromatic N) is 3. The van der Waals surface area contributed by atoms with Gasteiger partial charge in [0.2, 0.25) is 5.91 Å². The molecule has 0 aliphatic rings. The second-order valence-corrected chi connectivity index (χ2v) is 6.42. The topological polar surface area (TPSA) is 67.8 Å². The van der Waals surface area contributed by atoms with E-state index in [1.54, 1.807) is 18.5 Å². The van der Waals surface area contributed by atoms with Crippen molar-refractivity contribution in [1.82, 2.24) is 15.0 Å². The van der Waals surface area contributed by atoms with Gasteiger partial charge in [-0.25, -0.2) is 9.97 Å². The van der Waals surface area contributed by atoms with Crippen LogP contribution < -0.4 is 5.32 Å². The molecule has 2 heterocycles. The number of thioether (sulfide) groups is 1. The summed E-state index contributed by atoms with van der Waals surface area (Å²) in [6.45, 7) is 3.75. The lowest BCUT2D eigenvalue weighted by molar-refractivity contribution is -0.115. The lowest BCUT2D eigenvalue weighted by Gasteiger charge is -2.13. The third-order valence-electron chi connectivity index (χ3n) is 3.30. The van der Waals surface area contributed by atoms with Crippen molar-refractivity contribution in [3.8, 4) is 0 Å². The molecule has 3 aromatic rings. The first kappa shape index (κ1) is 15.4. The van der Waals surface area contributed by atoms with Crippen LogP contribution in [0.1, 0.15) is 12.6 Å². The largest absolute Gasteiger partial charge is 0.324 e. The van der Waals surface area contributed by atoms with Gasteiger partial charge in [0.25, 0.3) is 0 Å². The van der Waals surface area contributed by atoms with E-state index < -0.39 is 0 Å². The third-order valence-corrected chi connectivity index (χ3v) is 4.28. The van der Waals surface area contributed by atoms with E-state index in [1.165, 1.54) is 11.8 Å². The van der Waals surface area contributed by atoms with E-state index in [0.717, 1.165) is 22.3 Å². The van der Waals surface area contributed by atoms with Gasteiger partial charge in [-0.3, -0.25) is 9.78 Å². The van der Waals surface area contributed by atoms with E-state index in [2.05, 4.69) is 20.3 Å². The summed E-state index contributed by atoms with van der Waals surface area (Å²) in [6, 6.07) is 11.4. The molecule has 0 saturated heterocycles. The summed E-state index contributed by atoms with van der Waals surface area (Å²) < 4.78 is 0. The number of fused-ring (bicyclic) bond motifs is 1. The first-order valence-electron chi connectivity index (χ1n) is 7.24. The van der Waals surface area contributed by atoms with Crippen LogP contribution >= 0.6 is 11.8 Å². The SMILES string of the molecule is Cc1cc(NC(=O)C(C)Sc2ncccn2)c2ccccc2n1. The molecular weight excluding hydrogens is 308 g/mol. The molecule has 1 amide bonds. The molecule has 116 valence electrons. The normalized spacial score (nSPS) is 12.1. The summed E-state index contributed by atoms with van der Waals surface area (Å²) in [5, 5.41) is 4.21. The van der Waals surface area contributed by atoms with E-state index >= 15 is 0 Å². The number of rotatable bonds is 4. The highest BCUT2D eigenvalue weighted by Gasteiger charge is 2.17. The van der Waals surface area contributed by atoms with Gasteiger partial charge in [0.05, 0.1) is 16.5 Å². The van der Waals surface area contributed by atoms with E-state index in [0.29, 0.717) is 5.16 Å². The fourth-order valence-corrected chi connectivity index (χ4v) is 2.93. The highest BCUT2D eigenvalue weighted by atomic mass is 32.2. The number of hydrogen-bond donors (Lipinski definition) is 1. The Balaban J connectivity index is 1.80. The predicted octanol–water partition coefficient (Wildman–Crippen LogP) is 3.45. The number of carbonyl (C=O) groups excluding carboxylic acids is 1. The first-order valence-corrected chi connectivity index (χ1v) is 8.12. The summed E-state index contributed by atoms with van der Waals surface area (Å²) in [5.74, 6) is -0.0850. The smallest absolute Gasteiger partial charge is 0.237 e. The van der Waals surface area contributed by atoms with Gasteiger partial charge in [-0.1, -0.05) is 30.0 Å². The Morgan fingerprint density at radius 3 is 2.70 bits per heavy atom. The molecule has 5 nitrogen and oxygen atoms in total. The fraction of sp³-hybridized carbons (Fsp3) is 0.176. The lowest BCUT2D eigenvalue weighted by Crippen LogP contribution is -2.23. The second-order valence-electron chi connectivity index (χ2n) is 5.11. The van der Waals surface area contributed by atoms with Gasteiger partial charge < -0.3 is 5.32 Å². The van der Waals surface area contributed by atoms with Crippen LogP contribution in [0.5, 0.6) is 0 Å². The van der Waals surface area contributed by atoms with Crippen molar-refractivity contribution in [1.29, 1.82) is 0 Å². The van der Waals surface area contributed by atoms with Gasteiger partial charge in [-0.05, 0) is 32.0 Å². The minimum atomic E-state index is -0.301. The first-order chi connectivity index (χ1) is 11.1. The van der Waals surface area contributed by atoms with Crippen molar-refractivity contribution in [3.05, 3.63) is 54.5 Å². The molecule has 0 aliphatic carbocycles. The van der Waals surface area contributed by atoms with Gasteiger partial charge in [0.1, 0.15) is 0 Å². The number of hydrogen-bond acceptors (Lipinski definition) is 5. The Labute approximate surface area is 138 Å².